The molecule has 0 aromatic heterocycles. The van der Waals surface area contributed by atoms with Crippen LogP contribution in [0.2, 0.25) is 0 Å². The number of alkyl halides is 5. The summed E-state index contributed by atoms with van der Waals surface area (Å²) in [5.74, 6) is -1.70. The molecule has 26 heavy (non-hydrogen) atoms. The highest BCUT2D eigenvalue weighted by atomic mass is 32.2. The number of fused-ring (bicyclic) bond motifs is 1. The summed E-state index contributed by atoms with van der Waals surface area (Å²) < 4.78 is 77.9. The van der Waals surface area contributed by atoms with Gasteiger partial charge in [0.05, 0.1) is 17.6 Å². The monoisotopic (exact) mass is 397 g/mol. The summed E-state index contributed by atoms with van der Waals surface area (Å²) in [4.78, 5) is 11.9. The Bertz CT molecular complexity index is 769. The largest absolute Gasteiger partial charge is 0.450 e. The lowest BCUT2D eigenvalue weighted by Crippen LogP contribution is -2.66. The van der Waals surface area contributed by atoms with Crippen LogP contribution in [0.15, 0.2) is 42.5 Å². The Hall–Kier alpha value is -1.91. The maximum Gasteiger partial charge on any atom is 0.450 e. The van der Waals surface area contributed by atoms with Crippen molar-refractivity contribution in [3.05, 3.63) is 48.0 Å². The summed E-state index contributed by atoms with van der Waals surface area (Å²) in [5.41, 5.74) is -0.474. The van der Waals surface area contributed by atoms with Crippen molar-refractivity contribution in [1.82, 2.24) is 0 Å². The van der Waals surface area contributed by atoms with Gasteiger partial charge in [-0.2, -0.15) is 22.0 Å². The molecule has 144 valence electrons. The molecule has 0 heterocycles. The number of carbonyl (C=O) groups is 1. The third kappa shape index (κ3) is 4.25. The Morgan fingerprint density at radius 1 is 1.04 bits per heavy atom. The molecule has 0 amide bonds. The molecule has 0 saturated carbocycles. The first-order valence-corrected chi connectivity index (χ1v) is 8.07. The molecule has 1 atom stereocenters. The molecule has 2 aromatic carbocycles. The maximum atomic E-state index is 13.4. The molecule has 4 nitrogen and oxygen atoms in total. The van der Waals surface area contributed by atoms with Gasteiger partial charge in [0.1, 0.15) is 0 Å². The van der Waals surface area contributed by atoms with E-state index in [1.165, 1.54) is 12.1 Å². The minimum atomic E-state index is -5.82. The van der Waals surface area contributed by atoms with Gasteiger partial charge in [-0.05, 0) is 22.9 Å². The van der Waals surface area contributed by atoms with Crippen molar-refractivity contribution in [2.24, 2.45) is 5.73 Å². The van der Waals surface area contributed by atoms with Gasteiger partial charge in [-0.15, -0.1) is 0 Å². The fraction of sp³-hybridized carbons (Fsp3) is 0.312. The van der Waals surface area contributed by atoms with E-state index in [0.29, 0.717) is 10.8 Å². The Morgan fingerprint density at radius 2 is 1.58 bits per heavy atom. The molecule has 1 unspecified atom stereocenters. The zero-order valence-corrected chi connectivity index (χ0v) is 14.5. The molecule has 0 radical (unpaired) electrons. The van der Waals surface area contributed by atoms with Crippen LogP contribution in [0.3, 0.4) is 0 Å². The van der Waals surface area contributed by atoms with Crippen LogP contribution in [-0.2, 0) is 4.74 Å². The topological polar surface area (TPSA) is 72.5 Å². The van der Waals surface area contributed by atoms with Crippen LogP contribution in [-0.4, -0.2) is 27.7 Å². The molecule has 0 aliphatic rings. The third-order valence-electron chi connectivity index (χ3n) is 3.21. The van der Waals surface area contributed by atoms with E-state index in [4.69, 9.17) is 4.55 Å². The number of carbonyl (C=O) groups excluding carboxylic acids is 1. The van der Waals surface area contributed by atoms with E-state index in [-0.39, 0.29) is 0 Å². The smallest absolute Gasteiger partial charge is 0.423 e. The van der Waals surface area contributed by atoms with Gasteiger partial charge >= 0.3 is 23.1 Å². The minimum absolute atomic E-state index is 0.397. The summed E-state index contributed by atoms with van der Waals surface area (Å²) in [7, 11) is 0. The predicted octanol–water partition coefficient (Wildman–Crippen LogP) is 5.04. The Morgan fingerprint density at radius 3 is 2.08 bits per heavy atom. The summed E-state index contributed by atoms with van der Waals surface area (Å²) in [6.07, 6.45) is -5.82. The zero-order valence-electron chi connectivity index (χ0n) is 13.7. The van der Waals surface area contributed by atoms with Gasteiger partial charge in [-0.1, -0.05) is 44.2 Å². The van der Waals surface area contributed by atoms with Gasteiger partial charge in [-0.3, -0.25) is 5.73 Å². The lowest BCUT2D eigenvalue weighted by Gasteiger charge is -2.35. The molecule has 10 heteroatoms. The number of ether oxygens (including phenoxy) is 1. The normalized spacial score (nSPS) is 14.2. The molecule has 0 spiro atoms. The van der Waals surface area contributed by atoms with E-state index < -0.39 is 40.7 Å². The SMILES string of the molecule is CC.NC(OC(=O)c1ccc2ccccc2c1)(C(F)(F)F)C(F)(F)SO. The fourth-order valence-electron chi connectivity index (χ4n) is 1.87. The van der Waals surface area contributed by atoms with Gasteiger partial charge in [0.25, 0.3) is 0 Å². The van der Waals surface area contributed by atoms with E-state index in [9.17, 15) is 26.7 Å². The highest BCUT2D eigenvalue weighted by Crippen LogP contribution is 2.46. The molecule has 0 aliphatic carbocycles. The zero-order chi connectivity index (χ0) is 20.2. The lowest BCUT2D eigenvalue weighted by atomic mass is 10.1. The second-order valence-corrected chi connectivity index (χ2v) is 5.49. The van der Waals surface area contributed by atoms with Crippen LogP contribution in [0.25, 0.3) is 10.8 Å². The quantitative estimate of drug-likeness (QED) is 0.327. The number of esters is 1. The van der Waals surface area contributed by atoms with Gasteiger partial charge < -0.3 is 9.29 Å². The Labute approximate surface area is 150 Å². The average molecular weight is 397 g/mol. The van der Waals surface area contributed by atoms with Gasteiger partial charge in [0, 0.05) is 0 Å². The van der Waals surface area contributed by atoms with E-state index >= 15 is 0 Å². The van der Waals surface area contributed by atoms with Crippen LogP contribution in [0.1, 0.15) is 24.2 Å². The van der Waals surface area contributed by atoms with Crippen LogP contribution in [0.4, 0.5) is 22.0 Å². The Balaban J connectivity index is 0.00000163. The van der Waals surface area contributed by atoms with Crippen molar-refractivity contribution in [1.29, 1.82) is 0 Å². The van der Waals surface area contributed by atoms with Crippen LogP contribution in [0.5, 0.6) is 0 Å². The first kappa shape index (κ1) is 22.1. The number of hydrogen-bond acceptors (Lipinski definition) is 5. The van der Waals surface area contributed by atoms with Crippen molar-refractivity contribution in [2.45, 2.75) is 31.0 Å². The second kappa shape index (κ2) is 8.19. The van der Waals surface area contributed by atoms with E-state index in [1.54, 1.807) is 24.3 Å². The number of benzene rings is 2. The molecule has 2 aromatic rings. The average Bonchev–Trinajstić information content (AvgIpc) is 2.61. The predicted molar refractivity (Wildman–Crippen MR) is 88.9 cm³/mol. The van der Waals surface area contributed by atoms with Crippen molar-refractivity contribution in [2.75, 3.05) is 0 Å². The van der Waals surface area contributed by atoms with Crippen LogP contribution < -0.4 is 5.73 Å². The molecule has 2 rings (SSSR count). The molecular formula is C16H16F5NO3S. The van der Waals surface area contributed by atoms with Crippen molar-refractivity contribution >= 4 is 28.8 Å². The maximum absolute atomic E-state index is 13.4. The summed E-state index contributed by atoms with van der Waals surface area (Å²) in [6, 6.07) is 10.3. The lowest BCUT2D eigenvalue weighted by molar-refractivity contribution is -0.304. The number of rotatable bonds is 4. The molecule has 0 aliphatic heterocycles. The van der Waals surface area contributed by atoms with Crippen molar-refractivity contribution in [3.63, 3.8) is 0 Å². The van der Waals surface area contributed by atoms with Gasteiger partial charge in [-0.25, -0.2) is 4.79 Å². The number of nitrogens with two attached hydrogens (primary N) is 1. The molecule has 3 N–H and O–H groups in total. The second-order valence-electron chi connectivity index (χ2n) is 4.79. The molecule has 0 fully saturated rings. The summed E-state index contributed by atoms with van der Waals surface area (Å²) in [6.45, 7) is 4.00. The van der Waals surface area contributed by atoms with E-state index in [1.807, 2.05) is 13.8 Å². The molecule has 0 bridgehead atoms. The first-order valence-electron chi connectivity index (χ1n) is 7.30. The van der Waals surface area contributed by atoms with Crippen molar-refractivity contribution < 1.29 is 36.0 Å². The van der Waals surface area contributed by atoms with E-state index in [0.717, 1.165) is 6.07 Å². The fourth-order valence-corrected chi connectivity index (χ4v) is 2.16. The van der Waals surface area contributed by atoms with Gasteiger partial charge in [0.2, 0.25) is 0 Å². The summed E-state index contributed by atoms with van der Waals surface area (Å²) >= 11 is -1.45. The standard InChI is InChI=1S/C14H10F5NO3S.C2H6/c15-13(16,17)12(20,14(18,19)24-22)23-11(21)10-6-5-8-3-1-2-4-9(8)7-10;1-2/h1-7,22H,20H2;1-2H3. The minimum Gasteiger partial charge on any atom is -0.423 e. The molecular weight excluding hydrogens is 381 g/mol. The highest BCUT2D eigenvalue weighted by Gasteiger charge is 2.72. The van der Waals surface area contributed by atoms with Crippen LogP contribution in [0, 0.1) is 0 Å². The first-order chi connectivity index (χ1) is 12.0. The summed E-state index contributed by atoms with van der Waals surface area (Å²) in [5, 5.41) is -3.83. The van der Waals surface area contributed by atoms with Crippen molar-refractivity contribution in [3.8, 4) is 0 Å². The molecule has 0 saturated heterocycles. The Kier molecular flexibility index (Phi) is 6.97. The number of hydrogen-bond donors (Lipinski definition) is 2. The third-order valence-corrected chi connectivity index (χ3v) is 3.74. The van der Waals surface area contributed by atoms with E-state index in [2.05, 4.69) is 10.5 Å². The highest BCUT2D eigenvalue weighted by molar-refractivity contribution is 7.94. The number of halogens is 5. The van der Waals surface area contributed by atoms with Gasteiger partial charge in [0.15, 0.2) is 0 Å². The van der Waals surface area contributed by atoms with Crippen LogP contribution >= 0.6 is 12.0 Å².